The number of carbonyl (C=O) groups excluding carboxylic acids is 1. The lowest BCUT2D eigenvalue weighted by Gasteiger charge is -2.31. The summed E-state index contributed by atoms with van der Waals surface area (Å²) < 4.78 is 27.7. The molecule has 1 heterocycles. The molecule has 1 aliphatic heterocycles. The maximum absolute atomic E-state index is 14.0. The fraction of sp³-hybridized carbons (Fsp3) is 0.409. The van der Waals surface area contributed by atoms with Crippen LogP contribution < -0.4 is 5.32 Å². The second-order valence-electron chi connectivity index (χ2n) is 7.33. The molecular formula is C22H24Cl2F2N2OS. The molecule has 162 valence electrons. The van der Waals surface area contributed by atoms with Gasteiger partial charge >= 0.3 is 0 Å². The number of halogens is 4. The van der Waals surface area contributed by atoms with Crippen molar-refractivity contribution in [2.75, 3.05) is 25.4 Å². The van der Waals surface area contributed by atoms with Gasteiger partial charge in [0.25, 0.3) is 0 Å². The molecule has 1 fully saturated rings. The highest BCUT2D eigenvalue weighted by atomic mass is 35.5. The van der Waals surface area contributed by atoms with E-state index in [1.54, 1.807) is 24.3 Å². The van der Waals surface area contributed by atoms with Crippen molar-refractivity contribution >= 4 is 40.9 Å². The van der Waals surface area contributed by atoms with Gasteiger partial charge in [-0.05, 0) is 50.2 Å². The van der Waals surface area contributed by atoms with Crippen LogP contribution >= 0.6 is 35.0 Å². The smallest absolute Gasteiger partial charge is 0.223 e. The molecule has 0 aliphatic carbocycles. The number of piperidine rings is 1. The molecular weight excluding hydrogens is 449 g/mol. The van der Waals surface area contributed by atoms with Crippen LogP contribution in [0.15, 0.2) is 36.4 Å². The zero-order valence-corrected chi connectivity index (χ0v) is 18.8. The molecule has 2 aromatic rings. The minimum Gasteiger partial charge on any atom is -0.355 e. The molecule has 3 nitrogen and oxygen atoms in total. The minimum absolute atomic E-state index is 0.0256. The second kappa shape index (κ2) is 11.3. The first-order chi connectivity index (χ1) is 14.4. The summed E-state index contributed by atoms with van der Waals surface area (Å²) in [5.74, 6) is 0.589. The van der Waals surface area contributed by atoms with Crippen LogP contribution in [-0.4, -0.2) is 36.2 Å². The SMILES string of the molecule is O=C(NCCSCc1c(F)cccc1Cl)C1CCN(Cc2ccc(Cl)cc2F)CC1. The highest BCUT2D eigenvalue weighted by molar-refractivity contribution is 7.98. The van der Waals surface area contributed by atoms with Crippen molar-refractivity contribution in [1.29, 1.82) is 0 Å². The van der Waals surface area contributed by atoms with Gasteiger partial charge < -0.3 is 5.32 Å². The van der Waals surface area contributed by atoms with Gasteiger partial charge in [-0.2, -0.15) is 11.8 Å². The number of hydrogen-bond donors (Lipinski definition) is 1. The molecule has 1 aliphatic rings. The molecule has 0 aromatic heterocycles. The summed E-state index contributed by atoms with van der Waals surface area (Å²) >= 11 is 13.4. The summed E-state index contributed by atoms with van der Waals surface area (Å²) in [5, 5.41) is 3.79. The minimum atomic E-state index is -0.302. The van der Waals surface area contributed by atoms with Crippen molar-refractivity contribution in [2.45, 2.75) is 25.1 Å². The summed E-state index contributed by atoms with van der Waals surface area (Å²) in [5.41, 5.74) is 1.12. The molecule has 1 amide bonds. The normalized spacial score (nSPS) is 15.3. The van der Waals surface area contributed by atoms with E-state index in [9.17, 15) is 13.6 Å². The standard InChI is InChI=1S/C22H24Cl2F2N2OS/c23-17-5-4-16(21(26)12-17)13-28-9-6-15(7-10-28)22(29)27-8-11-30-14-18-19(24)2-1-3-20(18)25/h1-5,12,15H,6-11,13-14H2,(H,27,29). The fourth-order valence-electron chi connectivity index (χ4n) is 3.48. The molecule has 0 bridgehead atoms. The summed E-state index contributed by atoms with van der Waals surface area (Å²) in [6.45, 7) is 2.56. The van der Waals surface area contributed by atoms with Gasteiger partial charge in [-0.15, -0.1) is 0 Å². The van der Waals surface area contributed by atoms with E-state index < -0.39 is 0 Å². The van der Waals surface area contributed by atoms with Gasteiger partial charge in [0, 0.05) is 51.7 Å². The Hall–Kier alpha value is -1.34. The van der Waals surface area contributed by atoms with E-state index in [2.05, 4.69) is 10.2 Å². The molecule has 0 spiro atoms. The van der Waals surface area contributed by atoms with Gasteiger partial charge in [0.2, 0.25) is 5.91 Å². The predicted octanol–water partition coefficient (Wildman–Crippen LogP) is 5.53. The Kier molecular flexibility index (Phi) is 8.81. The van der Waals surface area contributed by atoms with Crippen molar-refractivity contribution in [3.05, 3.63) is 69.2 Å². The third-order valence-electron chi connectivity index (χ3n) is 5.22. The van der Waals surface area contributed by atoms with E-state index in [0.717, 1.165) is 25.9 Å². The van der Waals surface area contributed by atoms with Crippen molar-refractivity contribution in [3.63, 3.8) is 0 Å². The zero-order chi connectivity index (χ0) is 21.5. The summed E-state index contributed by atoms with van der Waals surface area (Å²) in [6.07, 6.45) is 1.50. The monoisotopic (exact) mass is 472 g/mol. The van der Waals surface area contributed by atoms with Gasteiger partial charge in [-0.1, -0.05) is 35.3 Å². The Labute approximate surface area is 190 Å². The lowest BCUT2D eigenvalue weighted by Crippen LogP contribution is -2.40. The number of nitrogens with one attached hydrogen (secondary N) is 1. The van der Waals surface area contributed by atoms with Gasteiger partial charge in [-0.3, -0.25) is 9.69 Å². The summed E-state index contributed by atoms with van der Waals surface area (Å²) in [4.78, 5) is 14.6. The molecule has 0 saturated carbocycles. The molecule has 0 unspecified atom stereocenters. The Morgan fingerprint density at radius 2 is 1.90 bits per heavy atom. The molecule has 2 aromatic carbocycles. The van der Waals surface area contributed by atoms with E-state index in [-0.39, 0.29) is 23.5 Å². The van der Waals surface area contributed by atoms with E-state index >= 15 is 0 Å². The largest absolute Gasteiger partial charge is 0.355 e. The van der Waals surface area contributed by atoms with Crippen molar-refractivity contribution < 1.29 is 13.6 Å². The fourth-order valence-corrected chi connectivity index (χ4v) is 4.84. The van der Waals surface area contributed by atoms with Gasteiger partial charge in [0.1, 0.15) is 11.6 Å². The molecule has 1 N–H and O–H groups in total. The third-order valence-corrected chi connectivity index (χ3v) is 6.80. The topological polar surface area (TPSA) is 32.3 Å². The Balaban J connectivity index is 1.34. The number of likely N-dealkylation sites (tertiary alicyclic amines) is 1. The highest BCUT2D eigenvalue weighted by Crippen LogP contribution is 2.24. The molecule has 8 heteroatoms. The van der Waals surface area contributed by atoms with Crippen molar-refractivity contribution in [1.82, 2.24) is 10.2 Å². The van der Waals surface area contributed by atoms with Gasteiger partial charge in [0.05, 0.1) is 0 Å². The molecule has 3 rings (SSSR count). The molecule has 1 saturated heterocycles. The number of thioether (sulfide) groups is 1. The first kappa shape index (κ1) is 23.3. The first-order valence-corrected chi connectivity index (χ1v) is 11.8. The lowest BCUT2D eigenvalue weighted by molar-refractivity contribution is -0.126. The number of carbonyl (C=O) groups is 1. The number of amides is 1. The average molecular weight is 473 g/mol. The van der Waals surface area contributed by atoms with Crippen LogP contribution in [0.1, 0.15) is 24.0 Å². The van der Waals surface area contributed by atoms with Gasteiger partial charge in [0.15, 0.2) is 0 Å². The van der Waals surface area contributed by atoms with E-state index in [1.165, 1.54) is 23.9 Å². The molecule has 0 radical (unpaired) electrons. The maximum atomic E-state index is 14.0. The predicted molar refractivity (Wildman–Crippen MR) is 120 cm³/mol. The lowest BCUT2D eigenvalue weighted by atomic mass is 9.95. The van der Waals surface area contributed by atoms with Crippen LogP contribution in [-0.2, 0) is 17.1 Å². The molecule has 0 atom stereocenters. The maximum Gasteiger partial charge on any atom is 0.223 e. The summed E-state index contributed by atoms with van der Waals surface area (Å²) in [6, 6.07) is 9.40. The van der Waals surface area contributed by atoms with Crippen molar-refractivity contribution in [2.24, 2.45) is 5.92 Å². The third kappa shape index (κ3) is 6.58. The van der Waals surface area contributed by atoms with Crippen LogP contribution in [0, 0.1) is 17.6 Å². The number of hydrogen-bond acceptors (Lipinski definition) is 3. The number of benzene rings is 2. The van der Waals surface area contributed by atoms with Crippen LogP contribution in [0.3, 0.4) is 0 Å². The molecule has 30 heavy (non-hydrogen) atoms. The van der Waals surface area contributed by atoms with E-state index in [1.807, 2.05) is 0 Å². The highest BCUT2D eigenvalue weighted by Gasteiger charge is 2.25. The van der Waals surface area contributed by atoms with Crippen molar-refractivity contribution in [3.8, 4) is 0 Å². The number of rotatable bonds is 8. The quantitative estimate of drug-likeness (QED) is 0.512. The van der Waals surface area contributed by atoms with Crippen LogP contribution in [0.25, 0.3) is 0 Å². The van der Waals surface area contributed by atoms with E-state index in [0.29, 0.717) is 45.8 Å². The van der Waals surface area contributed by atoms with Gasteiger partial charge in [-0.25, -0.2) is 8.78 Å². The van der Waals surface area contributed by atoms with Crippen LogP contribution in [0.2, 0.25) is 10.0 Å². The second-order valence-corrected chi connectivity index (χ2v) is 9.28. The Bertz CT molecular complexity index is 856. The van der Waals surface area contributed by atoms with E-state index in [4.69, 9.17) is 23.2 Å². The Morgan fingerprint density at radius 1 is 1.13 bits per heavy atom. The number of nitrogens with zero attached hydrogens (tertiary/aromatic N) is 1. The summed E-state index contributed by atoms with van der Waals surface area (Å²) in [7, 11) is 0. The Morgan fingerprint density at radius 3 is 2.60 bits per heavy atom. The first-order valence-electron chi connectivity index (χ1n) is 9.88. The van der Waals surface area contributed by atoms with Crippen LogP contribution in [0.5, 0.6) is 0 Å². The zero-order valence-electron chi connectivity index (χ0n) is 16.5. The van der Waals surface area contributed by atoms with Crippen LogP contribution in [0.4, 0.5) is 8.78 Å². The average Bonchev–Trinajstić information content (AvgIpc) is 2.72.